The van der Waals surface area contributed by atoms with Crippen molar-refractivity contribution in [3.05, 3.63) is 29.8 Å². The van der Waals surface area contributed by atoms with E-state index in [0.29, 0.717) is 0 Å². The Kier molecular flexibility index (Phi) is 4.59. The molecule has 1 aromatic rings. The van der Waals surface area contributed by atoms with Crippen molar-refractivity contribution >= 4 is 11.6 Å². The molecular weight excluding hydrogens is 238 g/mol. The van der Waals surface area contributed by atoms with Gasteiger partial charge in [0.15, 0.2) is 0 Å². The average Bonchev–Trinajstić information content (AvgIpc) is 2.39. The van der Waals surface area contributed by atoms with Gasteiger partial charge in [-0.1, -0.05) is 19.1 Å². The Bertz CT molecular complexity index is 434. The van der Waals surface area contributed by atoms with Crippen LogP contribution in [-0.2, 0) is 4.79 Å². The summed E-state index contributed by atoms with van der Waals surface area (Å²) in [5.41, 5.74) is 1.61. The molecule has 1 aromatic carbocycles. The Balaban J connectivity index is 1.97. The van der Waals surface area contributed by atoms with Crippen molar-refractivity contribution in [1.82, 2.24) is 0 Å². The van der Waals surface area contributed by atoms with E-state index < -0.39 is 6.10 Å². The normalized spacial score (nSPS) is 24.8. The fourth-order valence-corrected chi connectivity index (χ4v) is 2.64. The zero-order valence-corrected chi connectivity index (χ0v) is 11.7. The number of hydrogen-bond donors (Lipinski definition) is 2. The summed E-state index contributed by atoms with van der Waals surface area (Å²) in [6.07, 6.45) is 3.76. The van der Waals surface area contributed by atoms with Crippen molar-refractivity contribution in [2.24, 2.45) is 11.8 Å². The highest BCUT2D eigenvalue weighted by Gasteiger charge is 2.24. The van der Waals surface area contributed by atoms with E-state index in [1.807, 2.05) is 24.3 Å². The lowest BCUT2D eigenvalue weighted by atomic mass is 9.82. The van der Waals surface area contributed by atoms with E-state index in [4.69, 9.17) is 0 Å². The van der Waals surface area contributed by atoms with Crippen molar-refractivity contribution in [2.45, 2.75) is 45.6 Å². The van der Waals surface area contributed by atoms with Crippen LogP contribution in [0.4, 0.5) is 5.69 Å². The molecule has 1 aliphatic rings. The second kappa shape index (κ2) is 6.20. The predicted molar refractivity (Wildman–Crippen MR) is 76.8 cm³/mol. The van der Waals surface area contributed by atoms with Crippen molar-refractivity contribution in [2.75, 3.05) is 5.32 Å². The third kappa shape index (κ3) is 3.80. The van der Waals surface area contributed by atoms with Gasteiger partial charge in [0.25, 0.3) is 0 Å². The van der Waals surface area contributed by atoms with Gasteiger partial charge in [-0.15, -0.1) is 0 Å². The van der Waals surface area contributed by atoms with E-state index in [0.717, 1.165) is 42.9 Å². The number of anilines is 1. The molecule has 3 nitrogen and oxygen atoms in total. The molecule has 0 aromatic heterocycles. The maximum absolute atomic E-state index is 12.2. The van der Waals surface area contributed by atoms with Gasteiger partial charge in [-0.2, -0.15) is 0 Å². The molecule has 1 amide bonds. The van der Waals surface area contributed by atoms with Crippen LogP contribution in [0.15, 0.2) is 24.3 Å². The van der Waals surface area contributed by atoms with E-state index in [1.165, 1.54) is 0 Å². The number of aliphatic hydroxyl groups excluding tert-OH is 1. The summed E-state index contributed by atoms with van der Waals surface area (Å²) in [6, 6.07) is 7.44. The molecule has 1 saturated carbocycles. The van der Waals surface area contributed by atoms with Gasteiger partial charge in [0.2, 0.25) is 5.91 Å². The molecule has 0 heterocycles. The average molecular weight is 261 g/mol. The first-order valence-corrected chi connectivity index (χ1v) is 7.15. The quantitative estimate of drug-likeness (QED) is 0.874. The SMILES string of the molecule is CC1CCC(C(=O)Nc2cccc(C(C)O)c2)CC1. The Morgan fingerprint density at radius 1 is 1.32 bits per heavy atom. The van der Waals surface area contributed by atoms with Crippen LogP contribution in [0.5, 0.6) is 0 Å². The van der Waals surface area contributed by atoms with Gasteiger partial charge in [0, 0.05) is 11.6 Å². The van der Waals surface area contributed by atoms with Gasteiger partial charge < -0.3 is 10.4 Å². The van der Waals surface area contributed by atoms with Crippen LogP contribution in [0.1, 0.15) is 51.2 Å². The molecule has 2 N–H and O–H groups in total. The van der Waals surface area contributed by atoms with Gasteiger partial charge in [0.05, 0.1) is 6.10 Å². The summed E-state index contributed by atoms with van der Waals surface area (Å²) in [5.74, 6) is 1.02. The van der Waals surface area contributed by atoms with Crippen LogP contribution in [0.25, 0.3) is 0 Å². The van der Waals surface area contributed by atoms with E-state index in [-0.39, 0.29) is 11.8 Å². The van der Waals surface area contributed by atoms with Gasteiger partial charge in [0.1, 0.15) is 0 Å². The fourth-order valence-electron chi connectivity index (χ4n) is 2.64. The van der Waals surface area contributed by atoms with Gasteiger partial charge in [-0.3, -0.25) is 4.79 Å². The number of nitrogens with one attached hydrogen (secondary N) is 1. The lowest BCUT2D eigenvalue weighted by Gasteiger charge is -2.25. The Labute approximate surface area is 115 Å². The molecule has 0 saturated heterocycles. The number of rotatable bonds is 3. The van der Waals surface area contributed by atoms with E-state index in [1.54, 1.807) is 6.92 Å². The maximum Gasteiger partial charge on any atom is 0.227 e. The Morgan fingerprint density at radius 2 is 2.00 bits per heavy atom. The Hall–Kier alpha value is -1.35. The summed E-state index contributed by atoms with van der Waals surface area (Å²) in [4.78, 5) is 12.2. The summed E-state index contributed by atoms with van der Waals surface area (Å²) >= 11 is 0. The van der Waals surface area contributed by atoms with Crippen LogP contribution in [-0.4, -0.2) is 11.0 Å². The number of aliphatic hydroxyl groups is 1. The van der Waals surface area contributed by atoms with Crippen molar-refractivity contribution < 1.29 is 9.90 Å². The van der Waals surface area contributed by atoms with Crippen molar-refractivity contribution in [3.63, 3.8) is 0 Å². The molecule has 0 aliphatic heterocycles. The first-order chi connectivity index (χ1) is 9.06. The minimum absolute atomic E-state index is 0.120. The molecule has 1 aliphatic carbocycles. The topological polar surface area (TPSA) is 49.3 Å². The van der Waals surface area contributed by atoms with Crippen LogP contribution < -0.4 is 5.32 Å². The van der Waals surface area contributed by atoms with Gasteiger partial charge in [-0.25, -0.2) is 0 Å². The molecule has 0 bridgehead atoms. The molecule has 2 rings (SSSR count). The second-order valence-corrected chi connectivity index (χ2v) is 5.75. The van der Waals surface area contributed by atoms with Crippen LogP contribution in [0.2, 0.25) is 0 Å². The minimum atomic E-state index is -0.507. The number of amides is 1. The fraction of sp³-hybridized carbons (Fsp3) is 0.562. The summed E-state index contributed by atoms with van der Waals surface area (Å²) in [5, 5.41) is 12.5. The molecule has 0 spiro atoms. The lowest BCUT2D eigenvalue weighted by molar-refractivity contribution is -0.121. The van der Waals surface area contributed by atoms with Crippen LogP contribution in [0.3, 0.4) is 0 Å². The molecule has 0 radical (unpaired) electrons. The number of hydrogen-bond acceptors (Lipinski definition) is 2. The van der Waals surface area contributed by atoms with Crippen LogP contribution >= 0.6 is 0 Å². The largest absolute Gasteiger partial charge is 0.389 e. The first-order valence-electron chi connectivity index (χ1n) is 7.15. The minimum Gasteiger partial charge on any atom is -0.389 e. The lowest BCUT2D eigenvalue weighted by Crippen LogP contribution is -2.26. The molecular formula is C16H23NO2. The molecule has 3 heteroatoms. The highest BCUT2D eigenvalue weighted by atomic mass is 16.3. The Morgan fingerprint density at radius 3 is 2.63 bits per heavy atom. The standard InChI is InChI=1S/C16H23NO2/c1-11-6-8-13(9-7-11)16(19)17-15-5-3-4-14(10-15)12(2)18/h3-5,10-13,18H,6-9H2,1-2H3,(H,17,19). The molecule has 19 heavy (non-hydrogen) atoms. The summed E-state index contributed by atoms with van der Waals surface area (Å²) in [6.45, 7) is 3.98. The van der Waals surface area contributed by atoms with Gasteiger partial charge in [-0.05, 0) is 56.2 Å². The number of carbonyl (C=O) groups excluding carboxylic acids is 1. The second-order valence-electron chi connectivity index (χ2n) is 5.75. The third-order valence-corrected chi connectivity index (χ3v) is 4.02. The predicted octanol–water partition coefficient (Wildman–Crippen LogP) is 3.50. The van der Waals surface area contributed by atoms with Crippen molar-refractivity contribution in [1.29, 1.82) is 0 Å². The van der Waals surface area contributed by atoms with E-state index >= 15 is 0 Å². The highest BCUT2D eigenvalue weighted by Crippen LogP contribution is 2.29. The van der Waals surface area contributed by atoms with E-state index in [9.17, 15) is 9.90 Å². The van der Waals surface area contributed by atoms with Crippen molar-refractivity contribution in [3.8, 4) is 0 Å². The first kappa shape index (κ1) is 14.1. The van der Waals surface area contributed by atoms with Crippen LogP contribution in [0, 0.1) is 11.8 Å². The smallest absolute Gasteiger partial charge is 0.227 e. The third-order valence-electron chi connectivity index (χ3n) is 4.02. The zero-order valence-electron chi connectivity index (χ0n) is 11.7. The highest BCUT2D eigenvalue weighted by molar-refractivity contribution is 5.92. The monoisotopic (exact) mass is 261 g/mol. The summed E-state index contributed by atoms with van der Waals surface area (Å²) in [7, 11) is 0. The zero-order chi connectivity index (χ0) is 13.8. The molecule has 1 unspecified atom stereocenters. The number of carbonyl (C=O) groups is 1. The maximum atomic E-state index is 12.2. The van der Waals surface area contributed by atoms with Gasteiger partial charge >= 0.3 is 0 Å². The molecule has 1 atom stereocenters. The molecule has 1 fully saturated rings. The van der Waals surface area contributed by atoms with E-state index in [2.05, 4.69) is 12.2 Å². The molecule has 104 valence electrons. The summed E-state index contributed by atoms with van der Waals surface area (Å²) < 4.78 is 0. The number of benzene rings is 1.